The van der Waals surface area contributed by atoms with Crippen LogP contribution in [0.1, 0.15) is 12.5 Å². The number of carbonyl (C=O) groups is 1. The fourth-order valence-electron chi connectivity index (χ4n) is 1.85. The number of hydrogen-bond donors (Lipinski definition) is 2. The number of benzene rings is 1. The fourth-order valence-corrected chi connectivity index (χ4v) is 1.85. The molecule has 5 nitrogen and oxygen atoms in total. The molecule has 0 fully saturated rings. The highest BCUT2D eigenvalue weighted by Crippen LogP contribution is 2.08. The van der Waals surface area contributed by atoms with Crippen molar-refractivity contribution in [2.24, 2.45) is 0 Å². The second-order valence-corrected chi connectivity index (χ2v) is 4.93. The molecule has 0 aliphatic heterocycles. The van der Waals surface area contributed by atoms with Gasteiger partial charge in [0.1, 0.15) is 0 Å². The van der Waals surface area contributed by atoms with Gasteiger partial charge in [0.05, 0.1) is 5.69 Å². The van der Waals surface area contributed by atoms with Crippen molar-refractivity contribution in [3.05, 3.63) is 60.4 Å². The Bertz CT molecular complexity index is 587. The summed E-state index contributed by atoms with van der Waals surface area (Å²) in [6.45, 7) is 6.72. The van der Waals surface area contributed by atoms with Gasteiger partial charge < -0.3 is 10.6 Å². The molecule has 110 valence electrons. The molecule has 0 spiro atoms. The Kier molecular flexibility index (Phi) is 5.15. The first-order valence-corrected chi connectivity index (χ1v) is 6.90. The topological polar surface area (TPSA) is 59.0 Å². The molecular formula is C16H20N4O. The van der Waals surface area contributed by atoms with Crippen molar-refractivity contribution < 1.29 is 4.79 Å². The molecule has 0 aliphatic rings. The van der Waals surface area contributed by atoms with E-state index in [1.165, 1.54) is 5.56 Å². The number of nitrogens with one attached hydrogen (secondary N) is 2. The van der Waals surface area contributed by atoms with Crippen LogP contribution in [0.4, 0.5) is 4.79 Å². The van der Waals surface area contributed by atoms with Crippen molar-refractivity contribution >= 4 is 6.03 Å². The number of amides is 2. The van der Waals surface area contributed by atoms with Crippen LogP contribution in [0.25, 0.3) is 5.69 Å². The predicted octanol–water partition coefficient (Wildman–Crippen LogP) is 2.29. The minimum Gasteiger partial charge on any atom is -0.338 e. The Morgan fingerprint density at radius 2 is 2.05 bits per heavy atom. The molecule has 0 radical (unpaired) electrons. The van der Waals surface area contributed by atoms with Gasteiger partial charge in [-0.25, -0.2) is 9.48 Å². The van der Waals surface area contributed by atoms with Crippen LogP contribution in [0.3, 0.4) is 0 Å². The lowest BCUT2D eigenvalue weighted by Crippen LogP contribution is -2.37. The van der Waals surface area contributed by atoms with Crippen molar-refractivity contribution in [1.82, 2.24) is 20.4 Å². The van der Waals surface area contributed by atoms with E-state index in [2.05, 4.69) is 22.3 Å². The van der Waals surface area contributed by atoms with Crippen LogP contribution in [0.15, 0.2) is 54.9 Å². The summed E-state index contributed by atoms with van der Waals surface area (Å²) in [7, 11) is 0. The summed E-state index contributed by atoms with van der Waals surface area (Å²) in [4.78, 5) is 11.5. The van der Waals surface area contributed by atoms with E-state index in [4.69, 9.17) is 0 Å². The van der Waals surface area contributed by atoms with Crippen LogP contribution in [0, 0.1) is 0 Å². The van der Waals surface area contributed by atoms with Gasteiger partial charge in [-0.05, 0) is 37.1 Å². The fraction of sp³-hybridized carbons (Fsp3) is 0.250. The average Bonchev–Trinajstić information content (AvgIpc) is 3.00. The Morgan fingerprint density at radius 1 is 1.29 bits per heavy atom. The summed E-state index contributed by atoms with van der Waals surface area (Å²) in [5, 5.41) is 9.74. The number of hydrogen-bond acceptors (Lipinski definition) is 2. The first kappa shape index (κ1) is 14.8. The smallest absolute Gasteiger partial charge is 0.315 e. The number of aromatic nitrogens is 2. The first-order chi connectivity index (χ1) is 10.1. The highest BCUT2D eigenvalue weighted by molar-refractivity contribution is 5.74. The molecule has 0 atom stereocenters. The van der Waals surface area contributed by atoms with Gasteiger partial charge in [0.15, 0.2) is 0 Å². The van der Waals surface area contributed by atoms with E-state index < -0.39 is 0 Å². The summed E-state index contributed by atoms with van der Waals surface area (Å²) in [5.74, 6) is 0. The molecule has 2 rings (SSSR count). The molecule has 0 bridgehead atoms. The van der Waals surface area contributed by atoms with E-state index in [1.807, 2.05) is 48.1 Å². The van der Waals surface area contributed by atoms with Crippen molar-refractivity contribution in [1.29, 1.82) is 0 Å². The van der Waals surface area contributed by atoms with Crippen molar-refractivity contribution in [2.75, 3.05) is 13.1 Å². The zero-order valence-corrected chi connectivity index (χ0v) is 12.2. The van der Waals surface area contributed by atoms with E-state index >= 15 is 0 Å². The normalized spacial score (nSPS) is 10.1. The molecule has 0 unspecified atom stereocenters. The van der Waals surface area contributed by atoms with Crippen LogP contribution < -0.4 is 10.6 Å². The van der Waals surface area contributed by atoms with Crippen LogP contribution in [0.2, 0.25) is 0 Å². The third-order valence-electron chi connectivity index (χ3n) is 2.96. The molecule has 0 aliphatic carbocycles. The molecule has 1 aromatic heterocycles. The summed E-state index contributed by atoms with van der Waals surface area (Å²) >= 11 is 0. The second kappa shape index (κ2) is 7.28. The largest absolute Gasteiger partial charge is 0.338 e. The monoisotopic (exact) mass is 284 g/mol. The first-order valence-electron chi connectivity index (χ1n) is 6.90. The van der Waals surface area contributed by atoms with Crippen LogP contribution in [0.5, 0.6) is 0 Å². The second-order valence-electron chi connectivity index (χ2n) is 4.93. The van der Waals surface area contributed by atoms with Crippen molar-refractivity contribution in [3.8, 4) is 5.69 Å². The Balaban J connectivity index is 1.76. The number of urea groups is 1. The van der Waals surface area contributed by atoms with E-state index in [1.54, 1.807) is 6.20 Å². The maximum atomic E-state index is 11.5. The van der Waals surface area contributed by atoms with Gasteiger partial charge in [0.25, 0.3) is 0 Å². The minimum absolute atomic E-state index is 0.161. The van der Waals surface area contributed by atoms with Gasteiger partial charge in [0, 0.05) is 25.5 Å². The van der Waals surface area contributed by atoms with Gasteiger partial charge in [-0.3, -0.25) is 0 Å². The highest BCUT2D eigenvalue weighted by atomic mass is 16.2. The van der Waals surface area contributed by atoms with Gasteiger partial charge in [-0.2, -0.15) is 5.10 Å². The molecule has 1 heterocycles. The molecule has 2 amide bonds. The maximum absolute atomic E-state index is 11.5. The van der Waals surface area contributed by atoms with E-state index in [-0.39, 0.29) is 6.03 Å². The van der Waals surface area contributed by atoms with Crippen LogP contribution in [-0.2, 0) is 6.42 Å². The zero-order chi connectivity index (χ0) is 15.1. The van der Waals surface area contributed by atoms with Gasteiger partial charge in [0.2, 0.25) is 0 Å². The lowest BCUT2D eigenvalue weighted by atomic mass is 10.1. The molecule has 2 N–H and O–H groups in total. The van der Waals surface area contributed by atoms with E-state index in [0.29, 0.717) is 13.1 Å². The predicted molar refractivity (Wildman–Crippen MR) is 83.5 cm³/mol. The summed E-state index contributed by atoms with van der Waals surface area (Å²) in [6.07, 6.45) is 4.45. The third kappa shape index (κ3) is 4.80. The standard InChI is InChI=1S/C16H20N4O/c1-13(2)12-18-16(21)17-10-8-14-4-6-15(7-5-14)20-11-3-9-19-20/h3-7,9,11H,1,8,10,12H2,2H3,(H2,17,18,21). The van der Waals surface area contributed by atoms with Gasteiger partial charge in [-0.15, -0.1) is 0 Å². The number of carbonyl (C=O) groups excluding carboxylic acids is 1. The lowest BCUT2D eigenvalue weighted by Gasteiger charge is -2.08. The third-order valence-corrected chi connectivity index (χ3v) is 2.96. The van der Waals surface area contributed by atoms with Gasteiger partial charge >= 0.3 is 6.03 Å². The summed E-state index contributed by atoms with van der Waals surface area (Å²) in [6, 6.07) is 9.86. The molecule has 0 saturated heterocycles. The maximum Gasteiger partial charge on any atom is 0.315 e. The van der Waals surface area contributed by atoms with E-state index in [0.717, 1.165) is 17.7 Å². The quantitative estimate of drug-likeness (QED) is 0.800. The SMILES string of the molecule is C=C(C)CNC(=O)NCCc1ccc(-n2cccn2)cc1. The Morgan fingerprint density at radius 3 is 2.67 bits per heavy atom. The number of nitrogens with zero attached hydrogens (tertiary/aromatic N) is 2. The molecular weight excluding hydrogens is 264 g/mol. The Hall–Kier alpha value is -2.56. The van der Waals surface area contributed by atoms with E-state index in [9.17, 15) is 4.79 Å². The zero-order valence-electron chi connectivity index (χ0n) is 12.2. The molecule has 2 aromatic rings. The summed E-state index contributed by atoms with van der Waals surface area (Å²) in [5.41, 5.74) is 3.13. The highest BCUT2D eigenvalue weighted by Gasteiger charge is 2.00. The minimum atomic E-state index is -0.161. The van der Waals surface area contributed by atoms with Gasteiger partial charge in [-0.1, -0.05) is 24.3 Å². The molecule has 5 heteroatoms. The van der Waals surface area contributed by atoms with Crippen molar-refractivity contribution in [3.63, 3.8) is 0 Å². The summed E-state index contributed by atoms with van der Waals surface area (Å²) < 4.78 is 1.81. The molecule has 21 heavy (non-hydrogen) atoms. The lowest BCUT2D eigenvalue weighted by molar-refractivity contribution is 0.242. The van der Waals surface area contributed by atoms with Crippen LogP contribution >= 0.6 is 0 Å². The number of rotatable bonds is 6. The van der Waals surface area contributed by atoms with Crippen LogP contribution in [-0.4, -0.2) is 28.9 Å². The average molecular weight is 284 g/mol. The van der Waals surface area contributed by atoms with Crippen molar-refractivity contribution in [2.45, 2.75) is 13.3 Å². The molecule has 0 saturated carbocycles. The Labute approximate surface area is 124 Å². The molecule has 1 aromatic carbocycles.